The van der Waals surface area contributed by atoms with E-state index in [1.807, 2.05) is 12.2 Å². The number of carbonyl (C=O) groups excluding carboxylic acids is 2. The number of likely N-dealkylation sites (tertiary alicyclic amines) is 1. The third-order valence-corrected chi connectivity index (χ3v) is 5.24. The molecule has 0 aromatic heterocycles. The molecule has 2 aliphatic carbocycles. The van der Waals surface area contributed by atoms with Crippen LogP contribution in [0.15, 0.2) is 12.2 Å². The SMILES string of the molecule is NC(=O)C1CCN(C(=O)[C@H]2[C@@H](C(=O)O)[C@H]3C=C[C@H]2C3)CC1. The fraction of sp³-hybridized carbons (Fsp3) is 0.667. The minimum Gasteiger partial charge on any atom is -0.481 e. The number of piperidine rings is 1. The molecular weight excluding hydrogens is 272 g/mol. The van der Waals surface area contributed by atoms with Gasteiger partial charge in [-0.25, -0.2) is 0 Å². The van der Waals surface area contributed by atoms with Gasteiger partial charge in [0.15, 0.2) is 0 Å². The highest BCUT2D eigenvalue weighted by atomic mass is 16.4. The van der Waals surface area contributed by atoms with Crippen LogP contribution in [-0.2, 0) is 14.4 Å². The zero-order valence-electron chi connectivity index (χ0n) is 11.8. The number of carboxylic acids is 1. The van der Waals surface area contributed by atoms with Crippen LogP contribution in [0.1, 0.15) is 19.3 Å². The van der Waals surface area contributed by atoms with Crippen LogP contribution in [0.5, 0.6) is 0 Å². The maximum Gasteiger partial charge on any atom is 0.307 e. The predicted octanol–water partition coefficient (Wildman–Crippen LogP) is 0.233. The highest BCUT2D eigenvalue weighted by Gasteiger charge is 2.52. The van der Waals surface area contributed by atoms with Crippen molar-refractivity contribution in [2.24, 2.45) is 35.3 Å². The van der Waals surface area contributed by atoms with Crippen molar-refractivity contribution in [2.75, 3.05) is 13.1 Å². The van der Waals surface area contributed by atoms with Gasteiger partial charge in [-0.15, -0.1) is 0 Å². The van der Waals surface area contributed by atoms with E-state index in [1.165, 1.54) is 0 Å². The Morgan fingerprint density at radius 1 is 1.05 bits per heavy atom. The summed E-state index contributed by atoms with van der Waals surface area (Å²) >= 11 is 0. The maximum atomic E-state index is 12.7. The molecule has 1 aliphatic heterocycles. The number of nitrogens with two attached hydrogens (primary N) is 1. The molecule has 6 nitrogen and oxygen atoms in total. The van der Waals surface area contributed by atoms with E-state index in [4.69, 9.17) is 5.73 Å². The second-order valence-corrected chi connectivity index (χ2v) is 6.34. The van der Waals surface area contributed by atoms with Crippen LogP contribution in [0.2, 0.25) is 0 Å². The van der Waals surface area contributed by atoms with Crippen LogP contribution in [0.3, 0.4) is 0 Å². The summed E-state index contributed by atoms with van der Waals surface area (Å²) in [5, 5.41) is 9.40. The zero-order valence-corrected chi connectivity index (χ0v) is 11.8. The predicted molar refractivity (Wildman–Crippen MR) is 73.9 cm³/mol. The molecule has 3 rings (SSSR count). The Morgan fingerprint density at radius 2 is 1.62 bits per heavy atom. The minimum atomic E-state index is -0.878. The number of carbonyl (C=O) groups is 3. The van der Waals surface area contributed by atoms with E-state index in [0.29, 0.717) is 25.9 Å². The first-order valence-electron chi connectivity index (χ1n) is 7.48. The second-order valence-electron chi connectivity index (χ2n) is 6.34. The monoisotopic (exact) mass is 292 g/mol. The number of carboxylic acid groups (broad SMARTS) is 1. The van der Waals surface area contributed by atoms with Crippen LogP contribution in [0, 0.1) is 29.6 Å². The van der Waals surface area contributed by atoms with E-state index in [0.717, 1.165) is 6.42 Å². The smallest absolute Gasteiger partial charge is 0.307 e. The lowest BCUT2D eigenvalue weighted by Crippen LogP contribution is -2.47. The first kappa shape index (κ1) is 14.1. The molecule has 6 heteroatoms. The summed E-state index contributed by atoms with van der Waals surface area (Å²) in [5.74, 6) is -2.41. The van der Waals surface area contributed by atoms with Gasteiger partial charge in [0.25, 0.3) is 0 Å². The van der Waals surface area contributed by atoms with Crippen molar-refractivity contribution >= 4 is 17.8 Å². The molecule has 1 saturated heterocycles. The van der Waals surface area contributed by atoms with Crippen LogP contribution >= 0.6 is 0 Å². The first-order chi connectivity index (χ1) is 9.99. The lowest BCUT2D eigenvalue weighted by atomic mass is 9.81. The van der Waals surface area contributed by atoms with Gasteiger partial charge in [0.2, 0.25) is 11.8 Å². The van der Waals surface area contributed by atoms with Gasteiger partial charge in [0, 0.05) is 19.0 Å². The molecule has 0 aromatic carbocycles. The number of allylic oxidation sites excluding steroid dienone is 2. The molecule has 2 amide bonds. The lowest BCUT2D eigenvalue weighted by molar-refractivity contribution is -0.151. The summed E-state index contributed by atoms with van der Waals surface area (Å²) in [4.78, 5) is 37.0. The van der Waals surface area contributed by atoms with E-state index < -0.39 is 17.8 Å². The van der Waals surface area contributed by atoms with Crippen molar-refractivity contribution in [2.45, 2.75) is 19.3 Å². The average molecular weight is 292 g/mol. The van der Waals surface area contributed by atoms with Crippen molar-refractivity contribution in [3.8, 4) is 0 Å². The molecule has 0 unspecified atom stereocenters. The number of aliphatic carboxylic acids is 1. The van der Waals surface area contributed by atoms with Crippen molar-refractivity contribution in [1.29, 1.82) is 0 Å². The van der Waals surface area contributed by atoms with Crippen LogP contribution in [0.4, 0.5) is 0 Å². The number of primary amides is 1. The third-order valence-electron chi connectivity index (χ3n) is 5.24. The molecule has 0 radical (unpaired) electrons. The van der Waals surface area contributed by atoms with Gasteiger partial charge in [-0.3, -0.25) is 14.4 Å². The van der Waals surface area contributed by atoms with E-state index >= 15 is 0 Å². The lowest BCUT2D eigenvalue weighted by Gasteiger charge is -2.35. The molecule has 21 heavy (non-hydrogen) atoms. The van der Waals surface area contributed by atoms with Crippen molar-refractivity contribution in [3.63, 3.8) is 0 Å². The third kappa shape index (κ3) is 2.32. The molecule has 0 aromatic rings. The Morgan fingerprint density at radius 3 is 2.14 bits per heavy atom. The average Bonchev–Trinajstić information content (AvgIpc) is 3.07. The fourth-order valence-electron chi connectivity index (χ4n) is 4.09. The Labute approximate surface area is 123 Å². The molecular formula is C15H20N2O4. The topological polar surface area (TPSA) is 101 Å². The number of hydrogen-bond acceptors (Lipinski definition) is 3. The van der Waals surface area contributed by atoms with Crippen molar-refractivity contribution < 1.29 is 19.5 Å². The largest absolute Gasteiger partial charge is 0.481 e. The van der Waals surface area contributed by atoms with E-state index in [1.54, 1.807) is 4.90 Å². The van der Waals surface area contributed by atoms with Gasteiger partial charge in [0.05, 0.1) is 11.8 Å². The minimum absolute atomic E-state index is 0.00962. The molecule has 114 valence electrons. The highest BCUT2D eigenvalue weighted by molar-refractivity contribution is 5.87. The molecule has 2 fully saturated rings. The Bertz CT molecular complexity index is 508. The quantitative estimate of drug-likeness (QED) is 0.727. The van der Waals surface area contributed by atoms with Gasteiger partial charge in [-0.05, 0) is 31.1 Å². The summed E-state index contributed by atoms with van der Waals surface area (Å²) in [6.07, 6.45) is 5.85. The Hall–Kier alpha value is -1.85. The van der Waals surface area contributed by atoms with E-state index in [2.05, 4.69) is 0 Å². The Kier molecular flexibility index (Phi) is 3.47. The first-order valence-corrected chi connectivity index (χ1v) is 7.48. The van der Waals surface area contributed by atoms with Crippen LogP contribution in [0.25, 0.3) is 0 Å². The van der Waals surface area contributed by atoms with E-state index in [-0.39, 0.29) is 29.6 Å². The van der Waals surface area contributed by atoms with Crippen molar-refractivity contribution in [1.82, 2.24) is 4.90 Å². The van der Waals surface area contributed by atoms with Gasteiger partial charge in [-0.2, -0.15) is 0 Å². The van der Waals surface area contributed by atoms with Gasteiger partial charge in [-0.1, -0.05) is 12.2 Å². The van der Waals surface area contributed by atoms with Crippen molar-refractivity contribution in [3.05, 3.63) is 12.2 Å². The summed E-state index contributed by atoms with van der Waals surface area (Å²) in [5.41, 5.74) is 5.29. The fourth-order valence-corrected chi connectivity index (χ4v) is 4.09. The van der Waals surface area contributed by atoms with Gasteiger partial charge < -0.3 is 15.7 Å². The normalized spacial score (nSPS) is 35.1. The number of hydrogen-bond donors (Lipinski definition) is 2. The molecule has 1 saturated carbocycles. The van der Waals surface area contributed by atoms with Crippen LogP contribution in [-0.4, -0.2) is 40.9 Å². The molecule has 2 bridgehead atoms. The number of nitrogens with zero attached hydrogens (tertiary/aromatic N) is 1. The summed E-state index contributed by atoms with van der Waals surface area (Å²) < 4.78 is 0. The molecule has 1 heterocycles. The molecule has 3 N–H and O–H groups in total. The number of rotatable bonds is 3. The van der Waals surface area contributed by atoms with Gasteiger partial charge >= 0.3 is 5.97 Å². The molecule has 3 aliphatic rings. The Balaban J connectivity index is 1.70. The standard InChI is InChI=1S/C15H20N2O4/c16-13(18)8-3-5-17(6-4-8)14(19)11-9-1-2-10(7-9)12(11)15(20)21/h1-2,8-12H,3-7H2,(H2,16,18)(H,20,21)/t9-,10-,11+,12-/m0/s1. The maximum absolute atomic E-state index is 12.7. The van der Waals surface area contributed by atoms with E-state index in [9.17, 15) is 19.5 Å². The van der Waals surface area contributed by atoms with Gasteiger partial charge in [0.1, 0.15) is 0 Å². The second kappa shape index (κ2) is 5.16. The zero-order chi connectivity index (χ0) is 15.1. The van der Waals surface area contributed by atoms with Crippen LogP contribution < -0.4 is 5.73 Å². The number of fused-ring (bicyclic) bond motifs is 2. The molecule has 0 spiro atoms. The summed E-state index contributed by atoms with van der Waals surface area (Å²) in [6, 6.07) is 0. The number of amides is 2. The highest BCUT2D eigenvalue weighted by Crippen LogP contribution is 2.49. The summed E-state index contributed by atoms with van der Waals surface area (Å²) in [7, 11) is 0. The molecule has 4 atom stereocenters. The summed E-state index contributed by atoms with van der Waals surface area (Å²) in [6.45, 7) is 0.993.